The average molecular weight is 296 g/mol. The van der Waals surface area contributed by atoms with Crippen molar-refractivity contribution in [3.63, 3.8) is 0 Å². The topological polar surface area (TPSA) is 78.4 Å². The van der Waals surface area contributed by atoms with E-state index in [0.717, 1.165) is 11.1 Å². The summed E-state index contributed by atoms with van der Waals surface area (Å²) in [5.74, 6) is -1.36. The molecule has 0 bridgehead atoms. The van der Waals surface area contributed by atoms with Gasteiger partial charge in [0.25, 0.3) is 0 Å². The summed E-state index contributed by atoms with van der Waals surface area (Å²) >= 11 is 0. The van der Waals surface area contributed by atoms with Crippen LogP contribution in [0.2, 0.25) is 0 Å². The molecule has 1 aromatic carbocycles. The van der Waals surface area contributed by atoms with E-state index < -0.39 is 17.5 Å². The van der Waals surface area contributed by atoms with Crippen LogP contribution in [0.1, 0.15) is 31.4 Å². The Morgan fingerprint density at radius 1 is 1.38 bits per heavy atom. The van der Waals surface area contributed by atoms with Crippen molar-refractivity contribution in [2.24, 2.45) is 0 Å². The zero-order valence-corrected chi connectivity index (χ0v) is 12.5. The van der Waals surface area contributed by atoms with Crippen molar-refractivity contribution >= 4 is 12.0 Å². The highest BCUT2D eigenvalue weighted by Crippen LogP contribution is 2.11. The number of hydrogen-bond acceptors (Lipinski definition) is 2. The van der Waals surface area contributed by atoms with Gasteiger partial charge < -0.3 is 15.7 Å². The van der Waals surface area contributed by atoms with Gasteiger partial charge in [-0.25, -0.2) is 14.0 Å². The molecule has 1 atom stereocenters. The molecular weight excluding hydrogens is 275 g/mol. The second-order valence-corrected chi connectivity index (χ2v) is 5.19. The average Bonchev–Trinajstić information content (AvgIpc) is 2.40. The Hall–Kier alpha value is -2.11. The number of carbonyl (C=O) groups is 2. The Morgan fingerprint density at radius 3 is 2.57 bits per heavy atom. The van der Waals surface area contributed by atoms with Crippen LogP contribution in [0.4, 0.5) is 9.18 Å². The van der Waals surface area contributed by atoms with Crippen LogP contribution >= 0.6 is 0 Å². The van der Waals surface area contributed by atoms with Crippen LogP contribution < -0.4 is 10.6 Å². The number of aryl methyl sites for hydroxylation is 1. The molecule has 5 nitrogen and oxygen atoms in total. The molecule has 21 heavy (non-hydrogen) atoms. The van der Waals surface area contributed by atoms with Gasteiger partial charge in [0.15, 0.2) is 0 Å². The third-order valence-corrected chi connectivity index (χ3v) is 3.55. The zero-order chi connectivity index (χ0) is 16.0. The van der Waals surface area contributed by atoms with Gasteiger partial charge in [-0.2, -0.15) is 0 Å². The minimum atomic E-state index is -1.28. The summed E-state index contributed by atoms with van der Waals surface area (Å²) in [7, 11) is 0. The van der Waals surface area contributed by atoms with E-state index in [9.17, 15) is 14.0 Å². The first-order chi connectivity index (χ1) is 9.78. The minimum absolute atomic E-state index is 0.285. The number of carboxylic acids is 1. The first kappa shape index (κ1) is 16.9. The molecule has 1 unspecified atom stereocenters. The maximum atomic E-state index is 13.0. The molecule has 116 valence electrons. The quantitative estimate of drug-likeness (QED) is 0.753. The first-order valence-corrected chi connectivity index (χ1v) is 6.83. The van der Waals surface area contributed by atoms with Crippen molar-refractivity contribution in [3.05, 3.63) is 35.1 Å². The Bertz CT molecular complexity index is 534. The van der Waals surface area contributed by atoms with E-state index in [1.165, 1.54) is 19.1 Å². The lowest BCUT2D eigenvalue weighted by molar-refractivity contribution is -0.143. The number of nitrogens with one attached hydrogen (secondary N) is 2. The minimum Gasteiger partial charge on any atom is -0.480 e. The normalized spacial score (nSPS) is 13.3. The molecule has 0 heterocycles. The summed E-state index contributed by atoms with van der Waals surface area (Å²) in [6.45, 7) is 5.30. The lowest BCUT2D eigenvalue weighted by Crippen LogP contribution is -2.55. The van der Waals surface area contributed by atoms with Crippen molar-refractivity contribution in [1.82, 2.24) is 10.6 Å². The molecule has 6 heteroatoms. The van der Waals surface area contributed by atoms with Gasteiger partial charge >= 0.3 is 12.0 Å². The van der Waals surface area contributed by atoms with Gasteiger partial charge in [-0.05, 0) is 49.9 Å². The molecule has 0 radical (unpaired) electrons. The molecule has 1 aromatic rings. The van der Waals surface area contributed by atoms with Crippen molar-refractivity contribution in [1.29, 1.82) is 0 Å². The zero-order valence-electron chi connectivity index (χ0n) is 12.5. The summed E-state index contributed by atoms with van der Waals surface area (Å²) < 4.78 is 13.0. The maximum Gasteiger partial charge on any atom is 0.329 e. The van der Waals surface area contributed by atoms with Gasteiger partial charge in [-0.15, -0.1) is 0 Å². The largest absolute Gasteiger partial charge is 0.480 e. The van der Waals surface area contributed by atoms with Crippen molar-refractivity contribution in [2.75, 3.05) is 6.54 Å². The van der Waals surface area contributed by atoms with Crippen molar-refractivity contribution < 1.29 is 19.1 Å². The monoisotopic (exact) mass is 296 g/mol. The van der Waals surface area contributed by atoms with E-state index in [-0.39, 0.29) is 12.2 Å². The molecule has 1 rings (SSSR count). The van der Waals surface area contributed by atoms with Gasteiger partial charge in [0.1, 0.15) is 11.4 Å². The van der Waals surface area contributed by atoms with Crippen molar-refractivity contribution in [2.45, 2.75) is 39.2 Å². The number of carbonyl (C=O) groups excluding carboxylic acids is 1. The fourth-order valence-electron chi connectivity index (χ4n) is 1.84. The van der Waals surface area contributed by atoms with Gasteiger partial charge in [-0.1, -0.05) is 13.0 Å². The molecule has 0 aromatic heterocycles. The van der Waals surface area contributed by atoms with Crippen LogP contribution in [0.5, 0.6) is 0 Å². The van der Waals surface area contributed by atoms with E-state index in [1.807, 2.05) is 0 Å². The lowest BCUT2D eigenvalue weighted by Gasteiger charge is -2.24. The number of benzene rings is 1. The standard InChI is InChI=1S/C15H21FN2O3/c1-4-15(3,13(19)20)18-14(21)17-8-7-11-5-6-12(16)9-10(11)2/h5-6,9H,4,7-8H2,1-3H3,(H,19,20)(H2,17,18,21). The number of hydrogen-bond donors (Lipinski definition) is 3. The molecule has 0 saturated carbocycles. The summed E-state index contributed by atoms with van der Waals surface area (Å²) in [5.41, 5.74) is 0.477. The molecular formula is C15H21FN2O3. The van der Waals surface area contributed by atoms with Gasteiger partial charge in [0, 0.05) is 6.54 Å². The second-order valence-electron chi connectivity index (χ2n) is 5.19. The number of aliphatic carboxylic acids is 1. The SMILES string of the molecule is CCC(C)(NC(=O)NCCc1ccc(F)cc1C)C(=O)O. The number of carboxylic acid groups (broad SMARTS) is 1. The molecule has 3 N–H and O–H groups in total. The van der Waals surface area contributed by atoms with Crippen LogP contribution in [0.15, 0.2) is 18.2 Å². The van der Waals surface area contributed by atoms with Gasteiger partial charge in [0.2, 0.25) is 0 Å². The number of amides is 2. The van der Waals surface area contributed by atoms with E-state index in [4.69, 9.17) is 5.11 Å². The van der Waals surface area contributed by atoms with Crippen LogP contribution in [-0.4, -0.2) is 29.2 Å². The predicted octanol–water partition coefficient (Wildman–Crippen LogP) is 2.23. The predicted molar refractivity (Wildman–Crippen MR) is 77.7 cm³/mol. The van der Waals surface area contributed by atoms with Crippen LogP contribution in [0, 0.1) is 12.7 Å². The Labute approximate surface area is 123 Å². The van der Waals surface area contributed by atoms with Crippen LogP contribution in [0.25, 0.3) is 0 Å². The van der Waals surface area contributed by atoms with E-state index in [2.05, 4.69) is 10.6 Å². The van der Waals surface area contributed by atoms with Gasteiger partial charge in [-0.3, -0.25) is 0 Å². The summed E-state index contributed by atoms with van der Waals surface area (Å²) in [4.78, 5) is 22.8. The van der Waals surface area contributed by atoms with Gasteiger partial charge in [0.05, 0.1) is 0 Å². The van der Waals surface area contributed by atoms with Crippen LogP contribution in [0.3, 0.4) is 0 Å². The van der Waals surface area contributed by atoms with E-state index in [0.29, 0.717) is 13.0 Å². The molecule has 0 spiro atoms. The molecule has 2 amide bonds. The first-order valence-electron chi connectivity index (χ1n) is 6.83. The van der Waals surface area contributed by atoms with E-state index in [1.54, 1.807) is 19.9 Å². The molecule has 0 aliphatic heterocycles. The highest BCUT2D eigenvalue weighted by Gasteiger charge is 2.32. The Balaban J connectivity index is 2.49. The summed E-state index contributed by atoms with van der Waals surface area (Å²) in [5, 5.41) is 14.1. The molecule has 0 aliphatic rings. The third-order valence-electron chi connectivity index (χ3n) is 3.55. The second kappa shape index (κ2) is 7.06. The summed E-state index contributed by atoms with van der Waals surface area (Å²) in [6.07, 6.45) is 0.836. The fourth-order valence-corrected chi connectivity index (χ4v) is 1.84. The maximum absolute atomic E-state index is 13.0. The van der Waals surface area contributed by atoms with E-state index >= 15 is 0 Å². The molecule has 0 aliphatic carbocycles. The Kier molecular flexibility index (Phi) is 5.69. The molecule has 0 fully saturated rings. The Morgan fingerprint density at radius 2 is 2.05 bits per heavy atom. The third kappa shape index (κ3) is 4.73. The highest BCUT2D eigenvalue weighted by atomic mass is 19.1. The van der Waals surface area contributed by atoms with Crippen LogP contribution in [-0.2, 0) is 11.2 Å². The molecule has 0 saturated heterocycles. The van der Waals surface area contributed by atoms with Crippen molar-refractivity contribution in [3.8, 4) is 0 Å². The lowest BCUT2D eigenvalue weighted by atomic mass is 10.00. The number of rotatable bonds is 6. The number of urea groups is 1. The highest BCUT2D eigenvalue weighted by molar-refractivity contribution is 5.85. The summed E-state index contributed by atoms with van der Waals surface area (Å²) in [6, 6.07) is 3.97. The number of halogens is 1. The fraction of sp³-hybridized carbons (Fsp3) is 0.467. The smallest absolute Gasteiger partial charge is 0.329 e.